The second-order valence-corrected chi connectivity index (χ2v) is 9.88. The van der Waals surface area contributed by atoms with Crippen LogP contribution in [0.15, 0.2) is 84.9 Å². The monoisotopic (exact) mass is 506 g/mol. The second-order valence-electron chi connectivity index (χ2n) is 9.88. The third-order valence-electron chi connectivity index (χ3n) is 6.84. The third-order valence-corrected chi connectivity index (χ3v) is 6.84. The van der Waals surface area contributed by atoms with Gasteiger partial charge >= 0.3 is 5.97 Å². The summed E-state index contributed by atoms with van der Waals surface area (Å²) in [5.74, 6) is -0.995. The Labute approximate surface area is 221 Å². The maximum absolute atomic E-state index is 12.5. The molecular formula is C32H30N2O4. The number of carbonyl (C=O) groups is 2. The number of nitrogens with zero attached hydrogens (tertiary/aromatic N) is 1. The topological polar surface area (TPSA) is 94.6 Å². The average Bonchev–Trinajstić information content (AvgIpc) is 3.21. The molecule has 0 atom stereocenters. The van der Waals surface area contributed by atoms with Gasteiger partial charge in [-0.15, -0.1) is 0 Å². The van der Waals surface area contributed by atoms with E-state index in [0.29, 0.717) is 28.6 Å². The van der Waals surface area contributed by atoms with Gasteiger partial charge in [-0.1, -0.05) is 74.5 Å². The Bertz CT molecular complexity index is 1650. The highest BCUT2D eigenvalue weighted by Gasteiger charge is 2.22. The molecule has 192 valence electrons. The van der Waals surface area contributed by atoms with Crippen molar-refractivity contribution in [2.45, 2.75) is 32.7 Å². The van der Waals surface area contributed by atoms with Gasteiger partial charge in [0.15, 0.2) is 6.61 Å². The Kier molecular flexibility index (Phi) is 6.88. The Morgan fingerprint density at radius 3 is 2.26 bits per heavy atom. The number of carbonyl (C=O) groups excluding carboxylic acids is 1. The van der Waals surface area contributed by atoms with Crippen LogP contribution in [0.3, 0.4) is 0 Å². The molecule has 5 aromatic rings. The summed E-state index contributed by atoms with van der Waals surface area (Å²) in [4.78, 5) is 23.8. The second kappa shape index (κ2) is 10.4. The van der Waals surface area contributed by atoms with E-state index in [1.54, 1.807) is 6.07 Å². The standard InChI is InChI=1S/C32H30N2O4/c1-20(2)24-16-27-31(28(17-24)38-19-29(35)36)30-25(32(33)37)12-7-13-26(30)34(27)18-23-11-6-10-22(15-23)14-21-8-4-3-5-9-21/h3-13,15-17,20H,14,18-19H2,1-2H3,(H2,33,37)(H,35,36). The van der Waals surface area contributed by atoms with Gasteiger partial charge in [0.1, 0.15) is 5.75 Å². The average molecular weight is 507 g/mol. The van der Waals surface area contributed by atoms with E-state index in [9.17, 15) is 14.7 Å². The molecule has 1 amide bonds. The molecule has 38 heavy (non-hydrogen) atoms. The summed E-state index contributed by atoms with van der Waals surface area (Å²) in [6, 6.07) is 28.3. The molecule has 0 bridgehead atoms. The van der Waals surface area contributed by atoms with Crippen LogP contribution in [0.4, 0.5) is 0 Å². The molecule has 6 heteroatoms. The zero-order chi connectivity index (χ0) is 26.8. The summed E-state index contributed by atoms with van der Waals surface area (Å²) >= 11 is 0. The van der Waals surface area contributed by atoms with E-state index in [4.69, 9.17) is 10.5 Å². The molecule has 0 radical (unpaired) electrons. The molecule has 4 aromatic carbocycles. The first-order chi connectivity index (χ1) is 18.3. The van der Waals surface area contributed by atoms with Gasteiger partial charge in [0.05, 0.1) is 16.4 Å². The van der Waals surface area contributed by atoms with Crippen LogP contribution >= 0.6 is 0 Å². The van der Waals surface area contributed by atoms with Crippen molar-refractivity contribution in [3.05, 3.63) is 113 Å². The van der Waals surface area contributed by atoms with Crippen molar-refractivity contribution in [3.63, 3.8) is 0 Å². The summed E-state index contributed by atoms with van der Waals surface area (Å²) in [5.41, 5.74) is 12.5. The van der Waals surface area contributed by atoms with E-state index in [1.165, 1.54) is 11.1 Å². The highest BCUT2D eigenvalue weighted by molar-refractivity contribution is 6.20. The number of ether oxygens (including phenoxy) is 1. The predicted octanol–water partition coefficient (Wildman–Crippen LogP) is 6.12. The lowest BCUT2D eigenvalue weighted by atomic mass is 9.99. The molecule has 3 N–H and O–H groups in total. The number of primary amides is 1. The minimum absolute atomic E-state index is 0.183. The van der Waals surface area contributed by atoms with Gasteiger partial charge in [-0.25, -0.2) is 4.79 Å². The number of nitrogens with two attached hydrogens (primary N) is 1. The van der Waals surface area contributed by atoms with Gasteiger partial charge in [-0.2, -0.15) is 0 Å². The third kappa shape index (κ3) is 4.98. The van der Waals surface area contributed by atoms with E-state index >= 15 is 0 Å². The van der Waals surface area contributed by atoms with Crippen molar-refractivity contribution in [2.24, 2.45) is 5.73 Å². The highest BCUT2D eigenvalue weighted by Crippen LogP contribution is 2.40. The molecule has 0 saturated heterocycles. The minimum atomic E-state index is -1.07. The van der Waals surface area contributed by atoms with Gasteiger partial charge in [0, 0.05) is 17.5 Å². The molecule has 1 heterocycles. The fourth-order valence-corrected chi connectivity index (χ4v) is 5.06. The number of fused-ring (bicyclic) bond motifs is 3. The first-order valence-corrected chi connectivity index (χ1v) is 12.7. The van der Waals surface area contributed by atoms with Gasteiger partial charge < -0.3 is 20.1 Å². The van der Waals surface area contributed by atoms with Gasteiger partial charge in [0.25, 0.3) is 0 Å². The van der Waals surface area contributed by atoms with Crippen molar-refractivity contribution in [1.29, 1.82) is 0 Å². The SMILES string of the molecule is CC(C)c1cc(OCC(=O)O)c2c3c(C(N)=O)cccc3n(Cc3cccc(Cc4ccccc4)c3)c2c1. The molecule has 1 aromatic heterocycles. The zero-order valence-corrected chi connectivity index (χ0v) is 21.5. The molecule has 6 nitrogen and oxygen atoms in total. The molecule has 0 aliphatic heterocycles. The first kappa shape index (κ1) is 25.1. The number of hydrogen-bond donors (Lipinski definition) is 2. The Hall–Kier alpha value is -4.58. The zero-order valence-electron chi connectivity index (χ0n) is 21.5. The summed E-state index contributed by atoms with van der Waals surface area (Å²) in [6.45, 7) is 4.24. The van der Waals surface area contributed by atoms with Crippen LogP contribution in [0.5, 0.6) is 5.75 Å². The predicted molar refractivity (Wildman–Crippen MR) is 150 cm³/mol. The lowest BCUT2D eigenvalue weighted by molar-refractivity contribution is -0.139. The van der Waals surface area contributed by atoms with Crippen LogP contribution in [0, 0.1) is 0 Å². The Morgan fingerprint density at radius 2 is 1.55 bits per heavy atom. The number of aromatic nitrogens is 1. The highest BCUT2D eigenvalue weighted by atomic mass is 16.5. The number of hydrogen-bond acceptors (Lipinski definition) is 3. The van der Waals surface area contributed by atoms with E-state index in [2.05, 4.69) is 60.9 Å². The van der Waals surface area contributed by atoms with Crippen LogP contribution in [0.2, 0.25) is 0 Å². The summed E-state index contributed by atoms with van der Waals surface area (Å²) in [5, 5.41) is 10.7. The van der Waals surface area contributed by atoms with E-state index < -0.39 is 18.5 Å². The first-order valence-electron chi connectivity index (χ1n) is 12.7. The molecule has 0 spiro atoms. The van der Waals surface area contributed by atoms with Crippen LogP contribution in [-0.4, -0.2) is 28.2 Å². The number of benzene rings is 4. The molecule has 0 saturated carbocycles. The summed E-state index contributed by atoms with van der Waals surface area (Å²) in [6.07, 6.45) is 0.832. The number of amides is 1. The maximum Gasteiger partial charge on any atom is 0.341 e. The number of carboxylic acid groups (broad SMARTS) is 1. The largest absolute Gasteiger partial charge is 0.481 e. The molecule has 0 unspecified atom stereocenters. The number of aliphatic carboxylic acids is 1. The quantitative estimate of drug-likeness (QED) is 0.252. The summed E-state index contributed by atoms with van der Waals surface area (Å²) in [7, 11) is 0. The van der Waals surface area contributed by atoms with Crippen LogP contribution in [0.25, 0.3) is 21.8 Å². The van der Waals surface area contributed by atoms with E-state index in [-0.39, 0.29) is 5.92 Å². The normalized spacial score (nSPS) is 11.3. The Balaban J connectivity index is 1.70. The molecule has 0 aliphatic rings. The minimum Gasteiger partial charge on any atom is -0.481 e. The van der Waals surface area contributed by atoms with E-state index in [0.717, 1.165) is 28.6 Å². The van der Waals surface area contributed by atoms with Crippen LogP contribution in [0.1, 0.15) is 52.4 Å². The molecule has 5 rings (SSSR count). The lowest BCUT2D eigenvalue weighted by Crippen LogP contribution is -2.12. The summed E-state index contributed by atoms with van der Waals surface area (Å²) < 4.78 is 7.96. The van der Waals surface area contributed by atoms with Crippen molar-refractivity contribution < 1.29 is 19.4 Å². The van der Waals surface area contributed by atoms with Gasteiger partial charge in [-0.3, -0.25) is 4.79 Å². The lowest BCUT2D eigenvalue weighted by Gasteiger charge is -2.14. The van der Waals surface area contributed by atoms with Crippen molar-refractivity contribution >= 4 is 33.7 Å². The fraction of sp³-hybridized carbons (Fsp3) is 0.188. The number of carboxylic acids is 1. The maximum atomic E-state index is 12.5. The van der Waals surface area contributed by atoms with Crippen molar-refractivity contribution in [1.82, 2.24) is 4.57 Å². The molecular weight excluding hydrogens is 476 g/mol. The molecule has 0 fully saturated rings. The van der Waals surface area contributed by atoms with Gasteiger partial charge in [-0.05, 0) is 58.9 Å². The van der Waals surface area contributed by atoms with Gasteiger partial charge in [0.2, 0.25) is 5.91 Å². The molecule has 0 aliphatic carbocycles. The number of rotatable bonds is 9. The Morgan fingerprint density at radius 1 is 0.842 bits per heavy atom. The smallest absolute Gasteiger partial charge is 0.341 e. The van der Waals surface area contributed by atoms with E-state index in [1.807, 2.05) is 36.4 Å². The van der Waals surface area contributed by atoms with Crippen molar-refractivity contribution in [3.8, 4) is 5.75 Å². The van der Waals surface area contributed by atoms with Crippen molar-refractivity contribution in [2.75, 3.05) is 6.61 Å². The van der Waals surface area contributed by atoms with Crippen LogP contribution in [-0.2, 0) is 17.8 Å². The fourth-order valence-electron chi connectivity index (χ4n) is 5.06. The van der Waals surface area contributed by atoms with Crippen LogP contribution < -0.4 is 10.5 Å².